The first-order chi connectivity index (χ1) is 8.93. The van der Waals surface area contributed by atoms with E-state index in [2.05, 4.69) is 10.6 Å². The summed E-state index contributed by atoms with van der Waals surface area (Å²) in [7, 11) is 1.47. The lowest BCUT2D eigenvalue weighted by atomic mass is 10.1. The Kier molecular flexibility index (Phi) is 5.79. The molecule has 4 N–H and O–H groups in total. The van der Waals surface area contributed by atoms with Gasteiger partial charge in [0.1, 0.15) is 6.04 Å². The summed E-state index contributed by atoms with van der Waals surface area (Å²) >= 11 is 5.83. The van der Waals surface area contributed by atoms with Crippen LogP contribution in [0.4, 0.5) is 4.79 Å². The van der Waals surface area contributed by atoms with Gasteiger partial charge in [-0.15, -0.1) is 0 Å². The molecular weight excluding hydrogens is 266 g/mol. The number of imide groups is 1. The van der Waals surface area contributed by atoms with Crippen LogP contribution in [0.5, 0.6) is 0 Å². The topological polar surface area (TPSA) is 74.8 Å². The summed E-state index contributed by atoms with van der Waals surface area (Å²) in [6.45, 7) is 3.75. The Morgan fingerprint density at radius 1 is 1.21 bits per heavy atom. The number of carbonyl (C=O) groups excluding carboxylic acids is 2. The maximum Gasteiger partial charge on any atom is 0.321 e. The van der Waals surface area contributed by atoms with Crippen LogP contribution in [0.2, 0.25) is 5.02 Å². The van der Waals surface area contributed by atoms with E-state index in [1.165, 1.54) is 7.05 Å². The first kappa shape index (κ1) is 15.5. The van der Waals surface area contributed by atoms with Crippen LogP contribution < -0.4 is 16.0 Å². The molecule has 3 amide bonds. The molecule has 0 saturated heterocycles. The number of urea groups is 1. The second-order valence-corrected chi connectivity index (χ2v) is 4.83. The third-order valence-corrected chi connectivity index (χ3v) is 3.10. The summed E-state index contributed by atoms with van der Waals surface area (Å²) in [4.78, 5) is 22.8. The van der Waals surface area contributed by atoms with E-state index in [9.17, 15) is 9.59 Å². The molecule has 0 unspecified atom stereocenters. The van der Waals surface area contributed by atoms with Gasteiger partial charge in [-0.1, -0.05) is 23.7 Å². The number of hydrogen-bond acceptors (Lipinski definition) is 2. The Balaban J connectivity index is 2.56. The van der Waals surface area contributed by atoms with Crippen LogP contribution in [0.15, 0.2) is 24.3 Å². The predicted octanol–water partition coefficient (Wildman–Crippen LogP) is 0.808. The minimum absolute atomic E-state index is 0.0997. The summed E-state index contributed by atoms with van der Waals surface area (Å²) in [5, 5.41) is 7.17. The molecular formula is C13H19ClN3O2+. The molecule has 1 aromatic rings. The van der Waals surface area contributed by atoms with Crippen molar-refractivity contribution >= 4 is 23.5 Å². The average molecular weight is 285 g/mol. The molecule has 0 bridgehead atoms. The number of nitrogens with two attached hydrogens (primary N) is 1. The molecule has 0 spiro atoms. The molecule has 0 saturated carbocycles. The smallest absolute Gasteiger partial charge is 0.321 e. The first-order valence-electron chi connectivity index (χ1n) is 6.07. The molecule has 104 valence electrons. The fourth-order valence-electron chi connectivity index (χ4n) is 1.69. The highest BCUT2D eigenvalue weighted by Crippen LogP contribution is 2.13. The highest BCUT2D eigenvalue weighted by atomic mass is 35.5. The SMILES string of the molecule is CNC(=O)NC(=O)[C@@H](C)[NH2+][C@H](C)c1ccc(Cl)cc1. The number of carbonyl (C=O) groups is 2. The standard InChI is InChI=1S/C13H18ClN3O2/c1-8(10-4-6-11(14)7-5-10)16-9(2)12(18)17-13(19)15-3/h4-9,16H,1-3H3,(H2,15,17,18,19)/p+1/t8-,9-/m1/s1. The maximum atomic E-state index is 11.7. The summed E-state index contributed by atoms with van der Waals surface area (Å²) in [5.74, 6) is -0.319. The zero-order chi connectivity index (χ0) is 14.4. The van der Waals surface area contributed by atoms with Gasteiger partial charge in [-0.05, 0) is 26.0 Å². The van der Waals surface area contributed by atoms with E-state index in [1.54, 1.807) is 6.92 Å². The highest BCUT2D eigenvalue weighted by Gasteiger charge is 2.21. The molecule has 0 aliphatic carbocycles. The Morgan fingerprint density at radius 3 is 2.32 bits per heavy atom. The van der Waals surface area contributed by atoms with Crippen molar-refractivity contribution in [1.82, 2.24) is 10.6 Å². The lowest BCUT2D eigenvalue weighted by Crippen LogP contribution is -2.92. The van der Waals surface area contributed by atoms with Gasteiger partial charge in [0.05, 0.1) is 0 Å². The van der Waals surface area contributed by atoms with E-state index < -0.39 is 6.03 Å². The summed E-state index contributed by atoms with van der Waals surface area (Å²) in [6.07, 6.45) is 0. The fraction of sp³-hybridized carbons (Fsp3) is 0.385. The van der Waals surface area contributed by atoms with Gasteiger partial charge in [0.2, 0.25) is 0 Å². The van der Waals surface area contributed by atoms with Crippen LogP contribution in [0.25, 0.3) is 0 Å². The number of halogens is 1. The number of benzene rings is 1. The van der Waals surface area contributed by atoms with Crippen LogP contribution in [0.3, 0.4) is 0 Å². The second kappa shape index (κ2) is 7.11. The predicted molar refractivity (Wildman–Crippen MR) is 73.9 cm³/mol. The van der Waals surface area contributed by atoms with E-state index in [-0.39, 0.29) is 18.0 Å². The first-order valence-corrected chi connectivity index (χ1v) is 6.45. The molecule has 0 aliphatic heterocycles. The molecule has 1 rings (SSSR count). The number of hydrogen-bond donors (Lipinski definition) is 3. The van der Waals surface area contributed by atoms with E-state index in [4.69, 9.17) is 11.6 Å². The van der Waals surface area contributed by atoms with Gasteiger partial charge in [-0.3, -0.25) is 10.1 Å². The molecule has 2 atom stereocenters. The normalized spacial score (nSPS) is 13.5. The molecule has 5 nitrogen and oxygen atoms in total. The largest absolute Gasteiger partial charge is 0.341 e. The van der Waals surface area contributed by atoms with Gasteiger partial charge < -0.3 is 10.6 Å². The molecule has 6 heteroatoms. The third-order valence-electron chi connectivity index (χ3n) is 2.85. The van der Waals surface area contributed by atoms with Crippen LogP contribution in [0, 0.1) is 0 Å². The monoisotopic (exact) mass is 284 g/mol. The van der Waals surface area contributed by atoms with Crippen LogP contribution in [-0.4, -0.2) is 25.0 Å². The number of nitrogens with one attached hydrogen (secondary N) is 2. The number of amides is 3. The molecule has 19 heavy (non-hydrogen) atoms. The minimum Gasteiger partial charge on any atom is -0.341 e. The molecule has 1 aromatic carbocycles. The molecule has 0 aliphatic rings. The molecule has 0 heterocycles. The van der Waals surface area contributed by atoms with E-state index >= 15 is 0 Å². The number of rotatable bonds is 4. The second-order valence-electron chi connectivity index (χ2n) is 4.39. The van der Waals surface area contributed by atoms with Gasteiger partial charge in [0, 0.05) is 17.6 Å². The van der Waals surface area contributed by atoms with E-state index in [1.807, 2.05) is 36.5 Å². The highest BCUT2D eigenvalue weighted by molar-refractivity contribution is 6.30. The van der Waals surface area contributed by atoms with Crippen molar-refractivity contribution in [2.24, 2.45) is 0 Å². The van der Waals surface area contributed by atoms with E-state index in [0.717, 1.165) is 5.56 Å². The van der Waals surface area contributed by atoms with Crippen molar-refractivity contribution in [1.29, 1.82) is 0 Å². The Hall–Kier alpha value is -1.59. The van der Waals surface area contributed by atoms with Crippen molar-refractivity contribution in [3.05, 3.63) is 34.9 Å². The van der Waals surface area contributed by atoms with Crippen LogP contribution in [-0.2, 0) is 4.79 Å². The molecule has 0 aromatic heterocycles. The van der Waals surface area contributed by atoms with Crippen molar-refractivity contribution in [3.8, 4) is 0 Å². The summed E-state index contributed by atoms with van der Waals surface area (Å²) in [6, 6.07) is 6.72. The lowest BCUT2D eigenvalue weighted by molar-refractivity contribution is -0.710. The van der Waals surface area contributed by atoms with Gasteiger partial charge in [0.15, 0.2) is 6.04 Å². The van der Waals surface area contributed by atoms with E-state index in [0.29, 0.717) is 5.02 Å². The Morgan fingerprint density at radius 2 is 1.79 bits per heavy atom. The quantitative estimate of drug-likeness (QED) is 0.765. The van der Waals surface area contributed by atoms with Crippen molar-refractivity contribution in [2.75, 3.05) is 7.05 Å². The van der Waals surface area contributed by atoms with Gasteiger partial charge in [0.25, 0.3) is 5.91 Å². The van der Waals surface area contributed by atoms with Crippen molar-refractivity contribution in [3.63, 3.8) is 0 Å². The minimum atomic E-state index is -0.496. The van der Waals surface area contributed by atoms with Crippen molar-refractivity contribution < 1.29 is 14.9 Å². The molecule has 0 fully saturated rings. The maximum absolute atomic E-state index is 11.7. The zero-order valence-corrected chi connectivity index (χ0v) is 12.0. The van der Waals surface area contributed by atoms with Crippen molar-refractivity contribution in [2.45, 2.75) is 25.9 Å². The van der Waals surface area contributed by atoms with Crippen LogP contribution in [0.1, 0.15) is 25.5 Å². The van der Waals surface area contributed by atoms with Crippen LogP contribution >= 0.6 is 11.6 Å². The summed E-state index contributed by atoms with van der Waals surface area (Å²) in [5.41, 5.74) is 1.07. The average Bonchev–Trinajstić information content (AvgIpc) is 2.38. The fourth-order valence-corrected chi connectivity index (χ4v) is 1.81. The van der Waals surface area contributed by atoms with Gasteiger partial charge in [-0.25, -0.2) is 4.79 Å². The zero-order valence-electron chi connectivity index (χ0n) is 11.2. The lowest BCUT2D eigenvalue weighted by Gasteiger charge is -2.16. The Labute approximate surface area is 117 Å². The van der Waals surface area contributed by atoms with Gasteiger partial charge >= 0.3 is 6.03 Å². The van der Waals surface area contributed by atoms with Gasteiger partial charge in [-0.2, -0.15) is 0 Å². The molecule has 0 radical (unpaired) electrons. The Bertz CT molecular complexity index is 448. The third kappa shape index (κ3) is 4.89. The summed E-state index contributed by atoms with van der Waals surface area (Å²) < 4.78 is 0. The number of quaternary nitrogens is 1.